The van der Waals surface area contributed by atoms with Crippen molar-refractivity contribution in [2.24, 2.45) is 12.5 Å². The first kappa shape index (κ1) is 17.2. The van der Waals surface area contributed by atoms with E-state index in [9.17, 15) is 8.42 Å². The highest BCUT2D eigenvalue weighted by molar-refractivity contribution is 7.89. The lowest BCUT2D eigenvalue weighted by Crippen LogP contribution is -2.45. The van der Waals surface area contributed by atoms with Gasteiger partial charge in [-0.2, -0.15) is 5.10 Å². The standard InChI is InChI=1S/C14H27N3O2S/c1-10-12(11(2)17(8)15-10)20(18,19)16-14(6,7)9-13(3,4)5/h16H,9H2,1-8H3. The highest BCUT2D eigenvalue weighted by Gasteiger charge is 2.33. The molecule has 116 valence electrons. The van der Waals surface area contributed by atoms with Crippen LogP contribution in [0.5, 0.6) is 0 Å². The molecule has 1 heterocycles. The summed E-state index contributed by atoms with van der Waals surface area (Å²) in [5.41, 5.74) is 0.724. The van der Waals surface area contributed by atoms with Gasteiger partial charge in [0.15, 0.2) is 0 Å². The normalized spacial score (nSPS) is 13.8. The van der Waals surface area contributed by atoms with E-state index in [1.165, 1.54) is 0 Å². The number of nitrogens with one attached hydrogen (secondary N) is 1. The molecule has 1 N–H and O–H groups in total. The van der Waals surface area contributed by atoms with Crippen LogP contribution in [0.3, 0.4) is 0 Å². The Morgan fingerprint density at radius 1 is 1.15 bits per heavy atom. The van der Waals surface area contributed by atoms with Crippen LogP contribution in [0.2, 0.25) is 0 Å². The van der Waals surface area contributed by atoms with Crippen molar-refractivity contribution < 1.29 is 8.42 Å². The molecule has 1 aromatic heterocycles. The average Bonchev–Trinajstić information content (AvgIpc) is 2.33. The Morgan fingerprint density at radius 3 is 2.00 bits per heavy atom. The fraction of sp³-hybridized carbons (Fsp3) is 0.786. The molecule has 0 aliphatic rings. The van der Waals surface area contributed by atoms with E-state index in [1.54, 1.807) is 25.6 Å². The lowest BCUT2D eigenvalue weighted by atomic mass is 9.82. The molecule has 0 aliphatic carbocycles. The van der Waals surface area contributed by atoms with Gasteiger partial charge in [0, 0.05) is 12.6 Å². The first-order valence-electron chi connectivity index (χ1n) is 6.79. The number of aryl methyl sites for hydroxylation is 2. The van der Waals surface area contributed by atoms with Crippen LogP contribution >= 0.6 is 0 Å². The summed E-state index contributed by atoms with van der Waals surface area (Å²) in [6.07, 6.45) is 0.748. The van der Waals surface area contributed by atoms with Gasteiger partial charge in [-0.1, -0.05) is 20.8 Å². The van der Waals surface area contributed by atoms with Gasteiger partial charge in [0.2, 0.25) is 10.0 Å². The predicted molar refractivity (Wildman–Crippen MR) is 81.2 cm³/mol. The molecule has 0 saturated heterocycles. The van der Waals surface area contributed by atoms with E-state index in [4.69, 9.17) is 0 Å². The highest BCUT2D eigenvalue weighted by atomic mass is 32.2. The first-order chi connectivity index (χ1) is 8.75. The lowest BCUT2D eigenvalue weighted by Gasteiger charge is -2.33. The summed E-state index contributed by atoms with van der Waals surface area (Å²) in [6.45, 7) is 13.6. The van der Waals surface area contributed by atoms with Crippen molar-refractivity contribution in [3.8, 4) is 0 Å². The molecule has 0 amide bonds. The Bertz CT molecular complexity index is 593. The van der Waals surface area contributed by atoms with Crippen molar-refractivity contribution in [1.29, 1.82) is 0 Å². The van der Waals surface area contributed by atoms with Crippen molar-refractivity contribution in [1.82, 2.24) is 14.5 Å². The quantitative estimate of drug-likeness (QED) is 0.929. The molecule has 6 heteroatoms. The summed E-state index contributed by atoms with van der Waals surface area (Å²) in [6, 6.07) is 0. The lowest BCUT2D eigenvalue weighted by molar-refractivity contribution is 0.269. The van der Waals surface area contributed by atoms with Crippen molar-refractivity contribution >= 4 is 10.0 Å². The Hall–Kier alpha value is -0.880. The molecule has 0 aromatic carbocycles. The first-order valence-corrected chi connectivity index (χ1v) is 8.28. The molecule has 0 fully saturated rings. The third-order valence-corrected chi connectivity index (χ3v) is 5.04. The maximum absolute atomic E-state index is 12.6. The number of nitrogens with zero attached hydrogens (tertiary/aromatic N) is 2. The SMILES string of the molecule is Cc1nn(C)c(C)c1S(=O)(=O)NC(C)(C)CC(C)(C)C. The fourth-order valence-corrected chi connectivity index (χ4v) is 4.77. The number of sulfonamides is 1. The molecule has 0 atom stereocenters. The zero-order valence-corrected chi connectivity index (χ0v) is 14.6. The minimum Gasteiger partial charge on any atom is -0.271 e. The van der Waals surface area contributed by atoms with E-state index in [1.807, 2.05) is 13.8 Å². The van der Waals surface area contributed by atoms with E-state index in [0.29, 0.717) is 16.3 Å². The molecule has 1 aromatic rings. The summed E-state index contributed by atoms with van der Waals surface area (Å²) in [7, 11) is -1.81. The maximum Gasteiger partial charge on any atom is 0.244 e. The minimum absolute atomic E-state index is 0.0467. The Balaban J connectivity index is 3.13. The molecular weight excluding hydrogens is 274 g/mol. The molecule has 0 spiro atoms. The van der Waals surface area contributed by atoms with Crippen LogP contribution in [-0.4, -0.2) is 23.7 Å². The second-order valence-electron chi connectivity index (χ2n) is 7.35. The second kappa shape index (κ2) is 5.15. The Morgan fingerprint density at radius 2 is 1.65 bits per heavy atom. The maximum atomic E-state index is 12.6. The zero-order chi connectivity index (χ0) is 15.9. The zero-order valence-electron chi connectivity index (χ0n) is 13.8. The summed E-state index contributed by atoms with van der Waals surface area (Å²) in [5, 5.41) is 4.18. The van der Waals surface area contributed by atoms with Crippen LogP contribution in [0.25, 0.3) is 0 Å². The molecule has 0 aliphatic heterocycles. The van der Waals surface area contributed by atoms with Gasteiger partial charge in [-0.05, 0) is 39.5 Å². The van der Waals surface area contributed by atoms with E-state index in [2.05, 4.69) is 30.6 Å². The van der Waals surface area contributed by atoms with Crippen LogP contribution in [0, 0.1) is 19.3 Å². The van der Waals surface area contributed by atoms with Gasteiger partial charge < -0.3 is 0 Å². The molecular formula is C14H27N3O2S. The smallest absolute Gasteiger partial charge is 0.244 e. The third-order valence-electron chi connectivity index (χ3n) is 3.09. The monoisotopic (exact) mass is 301 g/mol. The van der Waals surface area contributed by atoms with Gasteiger partial charge in [0.25, 0.3) is 0 Å². The van der Waals surface area contributed by atoms with Gasteiger partial charge >= 0.3 is 0 Å². The topological polar surface area (TPSA) is 64.0 Å². The van der Waals surface area contributed by atoms with E-state index in [-0.39, 0.29) is 5.41 Å². The summed E-state index contributed by atoms with van der Waals surface area (Å²) in [4.78, 5) is 0.294. The summed E-state index contributed by atoms with van der Waals surface area (Å²) >= 11 is 0. The van der Waals surface area contributed by atoms with Crippen molar-refractivity contribution in [2.75, 3.05) is 0 Å². The third kappa shape index (κ3) is 4.06. The predicted octanol–water partition coefficient (Wildman–Crippen LogP) is 2.53. The molecule has 0 radical (unpaired) electrons. The van der Waals surface area contributed by atoms with Gasteiger partial charge in [-0.3, -0.25) is 4.68 Å². The van der Waals surface area contributed by atoms with Crippen molar-refractivity contribution in [2.45, 2.75) is 65.3 Å². The molecule has 20 heavy (non-hydrogen) atoms. The van der Waals surface area contributed by atoms with E-state index in [0.717, 1.165) is 6.42 Å². The second-order valence-corrected chi connectivity index (χ2v) is 8.97. The van der Waals surface area contributed by atoms with Crippen LogP contribution in [0.1, 0.15) is 52.4 Å². The number of aromatic nitrogens is 2. The van der Waals surface area contributed by atoms with Gasteiger partial charge in [0.05, 0.1) is 11.4 Å². The van der Waals surface area contributed by atoms with Crippen LogP contribution < -0.4 is 4.72 Å². The van der Waals surface area contributed by atoms with E-state index >= 15 is 0 Å². The van der Waals surface area contributed by atoms with Crippen molar-refractivity contribution in [3.05, 3.63) is 11.4 Å². The van der Waals surface area contributed by atoms with E-state index < -0.39 is 15.6 Å². The molecule has 0 bridgehead atoms. The van der Waals surface area contributed by atoms with Gasteiger partial charge in [-0.15, -0.1) is 0 Å². The summed E-state index contributed by atoms with van der Waals surface area (Å²) < 4.78 is 29.7. The van der Waals surface area contributed by atoms with Gasteiger partial charge in [0.1, 0.15) is 4.90 Å². The number of hydrogen-bond acceptors (Lipinski definition) is 3. The van der Waals surface area contributed by atoms with Crippen molar-refractivity contribution in [3.63, 3.8) is 0 Å². The molecule has 1 rings (SSSR count). The Labute approximate surface area is 122 Å². The van der Waals surface area contributed by atoms with Crippen LogP contribution in [0.4, 0.5) is 0 Å². The number of rotatable bonds is 4. The molecule has 0 saturated carbocycles. The Kier molecular flexibility index (Phi) is 4.42. The molecule has 5 nitrogen and oxygen atoms in total. The number of hydrogen-bond donors (Lipinski definition) is 1. The molecule has 0 unspecified atom stereocenters. The van der Waals surface area contributed by atoms with Crippen LogP contribution in [-0.2, 0) is 17.1 Å². The van der Waals surface area contributed by atoms with Gasteiger partial charge in [-0.25, -0.2) is 13.1 Å². The summed E-state index contributed by atoms with van der Waals surface area (Å²) in [5.74, 6) is 0. The highest BCUT2D eigenvalue weighted by Crippen LogP contribution is 2.29. The fourth-order valence-electron chi connectivity index (χ4n) is 2.92. The minimum atomic E-state index is -3.56. The average molecular weight is 301 g/mol. The largest absolute Gasteiger partial charge is 0.271 e. The van der Waals surface area contributed by atoms with Crippen LogP contribution in [0.15, 0.2) is 4.90 Å².